The summed E-state index contributed by atoms with van der Waals surface area (Å²) in [6, 6.07) is 6.86. The molecule has 4 heteroatoms. The van der Waals surface area contributed by atoms with Gasteiger partial charge in [0.25, 0.3) is 0 Å². The van der Waals surface area contributed by atoms with Crippen LogP contribution in [-0.2, 0) is 4.79 Å². The van der Waals surface area contributed by atoms with E-state index in [9.17, 15) is 4.79 Å². The molecule has 0 radical (unpaired) electrons. The number of carbonyl (C=O) groups excluding carboxylic acids is 1. The second-order valence-corrected chi connectivity index (χ2v) is 3.20. The number of carbonyl (C=O) groups is 1. The minimum Gasteiger partial charge on any atom is -0.328 e. The van der Waals surface area contributed by atoms with Crippen molar-refractivity contribution in [3.63, 3.8) is 0 Å². The molecule has 1 atom stereocenters. The Hall–Kier alpha value is -1.39. The molecule has 0 saturated carbocycles. The highest BCUT2D eigenvalue weighted by atomic mass is 16.2. The molecule has 0 aliphatic rings. The van der Waals surface area contributed by atoms with Crippen molar-refractivity contribution < 1.29 is 4.79 Å². The Balaban J connectivity index is 2.60. The van der Waals surface area contributed by atoms with Crippen molar-refractivity contribution in [1.29, 1.82) is 0 Å². The van der Waals surface area contributed by atoms with E-state index in [1.807, 2.05) is 31.2 Å². The van der Waals surface area contributed by atoms with Gasteiger partial charge in [-0.3, -0.25) is 4.79 Å². The van der Waals surface area contributed by atoms with Crippen molar-refractivity contribution >= 4 is 11.6 Å². The Kier molecular flexibility index (Phi) is 3.62. The summed E-state index contributed by atoms with van der Waals surface area (Å²) in [6.07, 6.45) is 0. The molecule has 1 aromatic carbocycles. The molecule has 4 nitrogen and oxygen atoms in total. The van der Waals surface area contributed by atoms with Gasteiger partial charge in [-0.2, -0.15) is 0 Å². The molecule has 0 fully saturated rings. The van der Waals surface area contributed by atoms with Gasteiger partial charge in [0.15, 0.2) is 0 Å². The lowest BCUT2D eigenvalue weighted by molar-refractivity contribution is -0.117. The third-order valence-electron chi connectivity index (χ3n) is 1.91. The van der Waals surface area contributed by atoms with Crippen LogP contribution in [0.2, 0.25) is 0 Å². The average molecular weight is 193 g/mol. The van der Waals surface area contributed by atoms with Crippen molar-refractivity contribution in [1.82, 2.24) is 0 Å². The van der Waals surface area contributed by atoms with Gasteiger partial charge in [0.2, 0.25) is 5.91 Å². The predicted octanol–water partition coefficient (Wildman–Crippen LogP) is 0.220. The molecule has 0 aliphatic carbocycles. The summed E-state index contributed by atoms with van der Waals surface area (Å²) in [5.41, 5.74) is 12.6. The summed E-state index contributed by atoms with van der Waals surface area (Å²) in [7, 11) is 0. The minimum absolute atomic E-state index is 0.150. The van der Waals surface area contributed by atoms with Crippen LogP contribution in [0.15, 0.2) is 24.3 Å². The third-order valence-corrected chi connectivity index (χ3v) is 1.91. The average Bonchev–Trinajstić information content (AvgIpc) is 2.20. The standard InChI is InChI=1S/C10H15N3O/c1-7-2-4-8(5-3-7)13-10(14)9(12)6-11/h2-5,9H,6,11-12H2,1H3,(H,13,14). The molecule has 0 aliphatic heterocycles. The molecule has 0 saturated heterocycles. The zero-order valence-electron chi connectivity index (χ0n) is 8.16. The summed E-state index contributed by atoms with van der Waals surface area (Å²) in [5, 5.41) is 2.68. The second kappa shape index (κ2) is 4.74. The first-order chi connectivity index (χ1) is 6.63. The number of aryl methyl sites for hydroxylation is 1. The normalized spacial score (nSPS) is 12.2. The highest BCUT2D eigenvalue weighted by Crippen LogP contribution is 2.08. The number of hydrogen-bond acceptors (Lipinski definition) is 3. The Morgan fingerprint density at radius 3 is 2.50 bits per heavy atom. The maximum Gasteiger partial charge on any atom is 0.242 e. The molecule has 5 N–H and O–H groups in total. The zero-order chi connectivity index (χ0) is 10.6. The molecular weight excluding hydrogens is 178 g/mol. The number of amides is 1. The number of rotatable bonds is 3. The van der Waals surface area contributed by atoms with Crippen LogP contribution in [0.3, 0.4) is 0 Å². The topological polar surface area (TPSA) is 81.1 Å². The van der Waals surface area contributed by atoms with E-state index in [1.165, 1.54) is 0 Å². The first kappa shape index (κ1) is 10.7. The number of anilines is 1. The maximum atomic E-state index is 11.3. The minimum atomic E-state index is -0.642. The molecule has 0 aromatic heterocycles. The summed E-state index contributed by atoms with van der Waals surface area (Å²) < 4.78 is 0. The lowest BCUT2D eigenvalue weighted by Crippen LogP contribution is -2.41. The molecule has 1 unspecified atom stereocenters. The van der Waals surface area contributed by atoms with Crippen LogP contribution in [0.4, 0.5) is 5.69 Å². The highest BCUT2D eigenvalue weighted by molar-refractivity contribution is 5.94. The van der Waals surface area contributed by atoms with Gasteiger partial charge in [-0.25, -0.2) is 0 Å². The van der Waals surface area contributed by atoms with E-state index in [2.05, 4.69) is 5.32 Å². The van der Waals surface area contributed by atoms with E-state index in [-0.39, 0.29) is 12.5 Å². The van der Waals surface area contributed by atoms with Crippen molar-refractivity contribution in [3.8, 4) is 0 Å². The Bertz CT molecular complexity index is 308. The molecule has 76 valence electrons. The first-order valence-corrected chi connectivity index (χ1v) is 4.46. The fourth-order valence-electron chi connectivity index (χ4n) is 0.979. The molecule has 1 rings (SSSR count). The van der Waals surface area contributed by atoms with E-state index in [1.54, 1.807) is 0 Å². The monoisotopic (exact) mass is 193 g/mol. The fraction of sp³-hybridized carbons (Fsp3) is 0.300. The summed E-state index contributed by atoms with van der Waals surface area (Å²) in [6.45, 7) is 2.13. The second-order valence-electron chi connectivity index (χ2n) is 3.20. The SMILES string of the molecule is Cc1ccc(NC(=O)C(N)CN)cc1. The Morgan fingerprint density at radius 2 is 2.00 bits per heavy atom. The number of nitrogens with two attached hydrogens (primary N) is 2. The van der Waals surface area contributed by atoms with E-state index >= 15 is 0 Å². The fourth-order valence-corrected chi connectivity index (χ4v) is 0.979. The number of benzene rings is 1. The van der Waals surface area contributed by atoms with Gasteiger partial charge in [0.1, 0.15) is 0 Å². The van der Waals surface area contributed by atoms with E-state index < -0.39 is 6.04 Å². The Labute approximate surface area is 83.3 Å². The van der Waals surface area contributed by atoms with Crippen molar-refractivity contribution in [3.05, 3.63) is 29.8 Å². The van der Waals surface area contributed by atoms with Gasteiger partial charge < -0.3 is 16.8 Å². The van der Waals surface area contributed by atoms with Crippen LogP contribution in [0.25, 0.3) is 0 Å². The highest BCUT2D eigenvalue weighted by Gasteiger charge is 2.10. The van der Waals surface area contributed by atoms with Gasteiger partial charge in [0.05, 0.1) is 6.04 Å². The van der Waals surface area contributed by atoms with E-state index in [0.29, 0.717) is 0 Å². The van der Waals surface area contributed by atoms with Gasteiger partial charge in [-0.1, -0.05) is 17.7 Å². The van der Waals surface area contributed by atoms with Crippen LogP contribution in [0, 0.1) is 6.92 Å². The summed E-state index contributed by atoms with van der Waals surface area (Å²) in [4.78, 5) is 11.3. The lowest BCUT2D eigenvalue weighted by Gasteiger charge is -2.09. The van der Waals surface area contributed by atoms with Gasteiger partial charge in [0, 0.05) is 12.2 Å². The molecule has 1 aromatic rings. The largest absolute Gasteiger partial charge is 0.328 e. The first-order valence-electron chi connectivity index (χ1n) is 4.46. The smallest absolute Gasteiger partial charge is 0.242 e. The molecule has 0 spiro atoms. The van der Waals surface area contributed by atoms with Crippen LogP contribution >= 0.6 is 0 Å². The zero-order valence-corrected chi connectivity index (χ0v) is 8.16. The predicted molar refractivity (Wildman–Crippen MR) is 56.8 cm³/mol. The van der Waals surface area contributed by atoms with Crippen LogP contribution in [0.5, 0.6) is 0 Å². The van der Waals surface area contributed by atoms with Crippen molar-refractivity contribution in [2.45, 2.75) is 13.0 Å². The quantitative estimate of drug-likeness (QED) is 0.642. The maximum absolute atomic E-state index is 11.3. The van der Waals surface area contributed by atoms with E-state index in [0.717, 1.165) is 11.3 Å². The summed E-state index contributed by atoms with van der Waals surface area (Å²) in [5.74, 6) is -0.253. The van der Waals surface area contributed by atoms with Gasteiger partial charge in [-0.15, -0.1) is 0 Å². The molecule has 1 amide bonds. The third kappa shape index (κ3) is 2.83. The van der Waals surface area contributed by atoms with Crippen LogP contribution < -0.4 is 16.8 Å². The molecular formula is C10H15N3O. The van der Waals surface area contributed by atoms with Crippen LogP contribution in [-0.4, -0.2) is 18.5 Å². The van der Waals surface area contributed by atoms with E-state index in [4.69, 9.17) is 11.5 Å². The molecule has 14 heavy (non-hydrogen) atoms. The van der Waals surface area contributed by atoms with Crippen LogP contribution in [0.1, 0.15) is 5.56 Å². The molecule has 0 bridgehead atoms. The van der Waals surface area contributed by atoms with Crippen molar-refractivity contribution in [2.24, 2.45) is 11.5 Å². The van der Waals surface area contributed by atoms with Gasteiger partial charge >= 0.3 is 0 Å². The summed E-state index contributed by atoms with van der Waals surface area (Å²) >= 11 is 0. The molecule has 0 heterocycles. The van der Waals surface area contributed by atoms with Gasteiger partial charge in [-0.05, 0) is 19.1 Å². The number of nitrogens with one attached hydrogen (secondary N) is 1. The lowest BCUT2D eigenvalue weighted by atomic mass is 10.2. The van der Waals surface area contributed by atoms with Crippen molar-refractivity contribution in [2.75, 3.05) is 11.9 Å². The number of hydrogen-bond donors (Lipinski definition) is 3. The Morgan fingerprint density at radius 1 is 1.43 bits per heavy atom.